The summed E-state index contributed by atoms with van der Waals surface area (Å²) in [5.41, 5.74) is 2.12. The lowest BCUT2D eigenvalue weighted by atomic mass is 10.2. The van der Waals surface area contributed by atoms with Crippen LogP contribution >= 0.6 is 11.8 Å². The number of nitrogens with one attached hydrogen (secondary N) is 2. The van der Waals surface area contributed by atoms with E-state index in [9.17, 15) is 0 Å². The molecule has 0 fully saturated rings. The molecule has 1 heterocycles. The fourth-order valence-electron chi connectivity index (χ4n) is 1.78. The smallest absolute Gasteiger partial charge is 0.161 e. The number of thioether (sulfide) groups is 1. The van der Waals surface area contributed by atoms with Crippen molar-refractivity contribution >= 4 is 17.4 Å². The Kier molecular flexibility index (Phi) is 4.57. The van der Waals surface area contributed by atoms with Crippen molar-refractivity contribution in [2.75, 3.05) is 25.8 Å². The van der Waals surface area contributed by atoms with Crippen molar-refractivity contribution in [3.8, 4) is 11.5 Å². The summed E-state index contributed by atoms with van der Waals surface area (Å²) in [5, 5.41) is 9.97. The van der Waals surface area contributed by atoms with Crippen molar-refractivity contribution in [2.24, 2.45) is 0 Å². The summed E-state index contributed by atoms with van der Waals surface area (Å²) >= 11 is 1.68. The van der Waals surface area contributed by atoms with Crippen molar-refractivity contribution in [2.45, 2.75) is 11.4 Å². The minimum absolute atomic E-state index is 0.704. The Labute approximate surface area is 116 Å². The first kappa shape index (κ1) is 13.6. The van der Waals surface area contributed by atoms with Crippen LogP contribution in [0.4, 0.5) is 5.69 Å². The number of hydrogen-bond donors (Lipinski definition) is 2. The molecule has 0 unspecified atom stereocenters. The molecule has 2 aromatic rings. The summed E-state index contributed by atoms with van der Waals surface area (Å²) in [5.74, 6) is 1.49. The number of anilines is 1. The van der Waals surface area contributed by atoms with Gasteiger partial charge in [0.2, 0.25) is 0 Å². The van der Waals surface area contributed by atoms with Gasteiger partial charge in [-0.3, -0.25) is 5.10 Å². The largest absolute Gasteiger partial charge is 0.493 e. The van der Waals surface area contributed by atoms with E-state index in [1.807, 2.05) is 24.6 Å². The zero-order valence-electron chi connectivity index (χ0n) is 11.2. The molecule has 0 saturated carbocycles. The van der Waals surface area contributed by atoms with Gasteiger partial charge in [-0.15, -0.1) is 11.8 Å². The van der Waals surface area contributed by atoms with Gasteiger partial charge in [-0.1, -0.05) is 0 Å². The maximum absolute atomic E-state index is 5.33. The molecule has 0 aliphatic carbocycles. The van der Waals surface area contributed by atoms with E-state index in [0.717, 1.165) is 27.6 Å². The van der Waals surface area contributed by atoms with Gasteiger partial charge in [0, 0.05) is 17.6 Å². The molecule has 102 valence electrons. The third-order valence-electron chi connectivity index (χ3n) is 2.77. The first-order valence-corrected chi connectivity index (χ1v) is 7.02. The molecule has 2 N–H and O–H groups in total. The minimum Gasteiger partial charge on any atom is -0.493 e. The standard InChI is InChI=1S/C13H17N3O2S/c1-17-11-4-9(6-14-10-7-15-16-8-10)13(19-3)5-12(11)18-2/h4-5,7-8,14H,6H2,1-3H3,(H,15,16). The van der Waals surface area contributed by atoms with E-state index in [4.69, 9.17) is 9.47 Å². The third-order valence-corrected chi connectivity index (χ3v) is 3.59. The number of rotatable bonds is 6. The monoisotopic (exact) mass is 279 g/mol. The Balaban J connectivity index is 2.22. The van der Waals surface area contributed by atoms with Crippen molar-refractivity contribution in [3.63, 3.8) is 0 Å². The summed E-state index contributed by atoms with van der Waals surface area (Å²) in [4.78, 5) is 1.16. The van der Waals surface area contributed by atoms with E-state index >= 15 is 0 Å². The SMILES string of the molecule is COc1cc(CNc2cn[nH]c2)c(SC)cc1OC. The first-order valence-electron chi connectivity index (χ1n) is 5.80. The molecule has 19 heavy (non-hydrogen) atoms. The van der Waals surface area contributed by atoms with Crippen molar-refractivity contribution in [1.82, 2.24) is 10.2 Å². The predicted octanol–water partition coefficient (Wildman–Crippen LogP) is 2.76. The van der Waals surface area contributed by atoms with Gasteiger partial charge in [0.25, 0.3) is 0 Å². The molecule has 0 saturated heterocycles. The van der Waals surface area contributed by atoms with Gasteiger partial charge in [-0.05, 0) is 24.0 Å². The van der Waals surface area contributed by atoms with E-state index in [1.165, 1.54) is 0 Å². The average Bonchev–Trinajstić information content (AvgIpc) is 2.97. The highest BCUT2D eigenvalue weighted by Crippen LogP contribution is 2.34. The Hall–Kier alpha value is -1.82. The first-order chi connectivity index (χ1) is 9.28. The molecule has 0 aliphatic heterocycles. The molecular weight excluding hydrogens is 262 g/mol. The number of ether oxygens (including phenoxy) is 2. The van der Waals surface area contributed by atoms with Crippen LogP contribution in [0.2, 0.25) is 0 Å². The molecule has 0 atom stereocenters. The lowest BCUT2D eigenvalue weighted by Crippen LogP contribution is -2.02. The molecule has 2 rings (SSSR count). The van der Waals surface area contributed by atoms with Crippen LogP contribution in [-0.2, 0) is 6.54 Å². The molecule has 0 amide bonds. The van der Waals surface area contributed by atoms with E-state index in [2.05, 4.69) is 15.5 Å². The van der Waals surface area contributed by atoms with E-state index in [0.29, 0.717) is 6.54 Å². The summed E-state index contributed by atoms with van der Waals surface area (Å²) < 4.78 is 10.6. The second-order valence-electron chi connectivity index (χ2n) is 3.86. The Morgan fingerprint density at radius 1 is 1.26 bits per heavy atom. The van der Waals surface area contributed by atoms with Crippen LogP contribution in [0.15, 0.2) is 29.4 Å². The maximum atomic E-state index is 5.33. The zero-order valence-corrected chi connectivity index (χ0v) is 12.0. The predicted molar refractivity (Wildman–Crippen MR) is 77.2 cm³/mol. The summed E-state index contributed by atoms with van der Waals surface area (Å²) in [6, 6.07) is 3.99. The summed E-state index contributed by atoms with van der Waals surface area (Å²) in [6.45, 7) is 0.704. The second kappa shape index (κ2) is 6.38. The second-order valence-corrected chi connectivity index (χ2v) is 4.71. The van der Waals surface area contributed by atoms with Crippen LogP contribution < -0.4 is 14.8 Å². The lowest BCUT2D eigenvalue weighted by Gasteiger charge is -2.14. The fraction of sp³-hybridized carbons (Fsp3) is 0.308. The van der Waals surface area contributed by atoms with Gasteiger partial charge in [-0.2, -0.15) is 5.10 Å². The molecule has 0 aliphatic rings. The summed E-state index contributed by atoms with van der Waals surface area (Å²) in [6.07, 6.45) is 5.61. The Bertz CT molecular complexity index is 529. The van der Waals surface area contributed by atoms with Gasteiger partial charge in [-0.25, -0.2) is 0 Å². The molecular formula is C13H17N3O2S. The van der Waals surface area contributed by atoms with Crippen molar-refractivity contribution < 1.29 is 9.47 Å². The number of nitrogens with zero attached hydrogens (tertiary/aromatic N) is 1. The van der Waals surface area contributed by atoms with Crippen LogP contribution in [0.25, 0.3) is 0 Å². The summed E-state index contributed by atoms with van der Waals surface area (Å²) in [7, 11) is 3.29. The highest BCUT2D eigenvalue weighted by Gasteiger charge is 2.10. The van der Waals surface area contributed by atoms with Crippen LogP contribution in [0, 0.1) is 0 Å². The molecule has 6 heteroatoms. The molecule has 1 aromatic carbocycles. The van der Waals surface area contributed by atoms with Gasteiger partial charge < -0.3 is 14.8 Å². The van der Waals surface area contributed by atoms with Gasteiger partial charge in [0.1, 0.15) is 0 Å². The number of aromatic nitrogens is 2. The molecule has 5 nitrogen and oxygen atoms in total. The highest BCUT2D eigenvalue weighted by atomic mass is 32.2. The number of aromatic amines is 1. The van der Waals surface area contributed by atoms with Gasteiger partial charge in [0.05, 0.1) is 26.1 Å². The van der Waals surface area contributed by atoms with Crippen LogP contribution in [0.3, 0.4) is 0 Å². The minimum atomic E-state index is 0.704. The van der Waals surface area contributed by atoms with E-state index < -0.39 is 0 Å². The number of benzene rings is 1. The van der Waals surface area contributed by atoms with E-state index in [1.54, 1.807) is 32.2 Å². The highest BCUT2D eigenvalue weighted by molar-refractivity contribution is 7.98. The van der Waals surface area contributed by atoms with Crippen LogP contribution in [0.1, 0.15) is 5.56 Å². The lowest BCUT2D eigenvalue weighted by molar-refractivity contribution is 0.353. The number of H-pyrrole nitrogens is 1. The molecule has 0 spiro atoms. The Morgan fingerprint density at radius 2 is 2.00 bits per heavy atom. The number of methoxy groups -OCH3 is 2. The average molecular weight is 279 g/mol. The van der Waals surface area contributed by atoms with Crippen LogP contribution in [0.5, 0.6) is 11.5 Å². The normalized spacial score (nSPS) is 10.3. The zero-order chi connectivity index (χ0) is 13.7. The van der Waals surface area contributed by atoms with Gasteiger partial charge in [0.15, 0.2) is 11.5 Å². The third kappa shape index (κ3) is 3.14. The molecule has 0 radical (unpaired) electrons. The quantitative estimate of drug-likeness (QED) is 0.796. The maximum Gasteiger partial charge on any atom is 0.161 e. The topological polar surface area (TPSA) is 59.2 Å². The Morgan fingerprint density at radius 3 is 2.58 bits per heavy atom. The fourth-order valence-corrected chi connectivity index (χ4v) is 2.39. The van der Waals surface area contributed by atoms with Crippen molar-refractivity contribution in [3.05, 3.63) is 30.1 Å². The molecule has 0 bridgehead atoms. The van der Waals surface area contributed by atoms with Gasteiger partial charge >= 0.3 is 0 Å². The van der Waals surface area contributed by atoms with Crippen LogP contribution in [-0.4, -0.2) is 30.7 Å². The van der Waals surface area contributed by atoms with E-state index in [-0.39, 0.29) is 0 Å². The number of hydrogen-bond acceptors (Lipinski definition) is 5. The molecule has 1 aromatic heterocycles. The van der Waals surface area contributed by atoms with Crippen molar-refractivity contribution in [1.29, 1.82) is 0 Å².